The van der Waals surface area contributed by atoms with Crippen molar-refractivity contribution >= 4 is 32.6 Å². The molecule has 4 nitrogen and oxygen atoms in total. The number of nitrogens with zero attached hydrogens (tertiary/aromatic N) is 3. The van der Waals surface area contributed by atoms with E-state index >= 15 is 0 Å². The first-order chi connectivity index (χ1) is 11.2. The van der Waals surface area contributed by atoms with Crippen LogP contribution in [0, 0.1) is 6.92 Å². The number of thiazole rings is 1. The lowest BCUT2D eigenvalue weighted by Crippen LogP contribution is -2.34. The molecule has 0 unspecified atom stereocenters. The predicted molar refractivity (Wildman–Crippen MR) is 93.2 cm³/mol. The first kappa shape index (κ1) is 14.2. The first-order valence-electron chi connectivity index (χ1n) is 7.69. The number of benzene rings is 2. The van der Waals surface area contributed by atoms with Gasteiger partial charge >= 0.3 is 0 Å². The van der Waals surface area contributed by atoms with Crippen molar-refractivity contribution in [1.82, 2.24) is 9.55 Å². The summed E-state index contributed by atoms with van der Waals surface area (Å²) in [4.78, 5) is 4.53. The molecule has 0 N–H and O–H groups in total. The van der Waals surface area contributed by atoms with Crippen LogP contribution in [-0.4, -0.2) is 9.55 Å². The largest absolute Gasteiger partial charge is 0.431 e. The predicted octanol–water partition coefficient (Wildman–Crippen LogP) is 4.20. The number of aryl methyl sites for hydroxylation is 2. The summed E-state index contributed by atoms with van der Waals surface area (Å²) in [5.74, 6) is 2.06. The molecule has 0 aliphatic heterocycles. The molecule has 2 aromatic carbocycles. The van der Waals surface area contributed by atoms with E-state index < -0.39 is 0 Å². The Morgan fingerprint density at radius 1 is 1.22 bits per heavy atom. The zero-order valence-electron chi connectivity index (χ0n) is 13.4. The van der Waals surface area contributed by atoms with Gasteiger partial charge in [-0.15, -0.1) is 0 Å². The molecule has 0 fully saturated rings. The average Bonchev–Trinajstić information content (AvgIpc) is 3.07. The van der Waals surface area contributed by atoms with Gasteiger partial charge in [-0.1, -0.05) is 23.5 Å². The molecule has 0 bridgehead atoms. The number of hydrogen-bond donors (Lipinski definition) is 0. The minimum Gasteiger partial charge on any atom is -0.431 e. The topological polar surface area (TPSA) is 30.9 Å². The summed E-state index contributed by atoms with van der Waals surface area (Å²) >= 11 is 1.57. The van der Waals surface area contributed by atoms with E-state index in [1.54, 1.807) is 11.3 Å². The molecule has 116 valence electrons. The Morgan fingerprint density at radius 2 is 2.04 bits per heavy atom. The maximum atomic E-state index is 5.99. The third kappa shape index (κ3) is 2.28. The SMILES string of the molecule is CC[n+]1c(C)n(C)c2cc(Oc3nc4ccccc4s3)ccc21. The second kappa shape index (κ2) is 5.35. The monoisotopic (exact) mass is 324 g/mol. The summed E-state index contributed by atoms with van der Waals surface area (Å²) in [5.41, 5.74) is 3.37. The van der Waals surface area contributed by atoms with Crippen LogP contribution in [0.1, 0.15) is 12.7 Å². The Balaban J connectivity index is 1.75. The van der Waals surface area contributed by atoms with Crippen LogP contribution in [0.4, 0.5) is 0 Å². The van der Waals surface area contributed by atoms with Gasteiger partial charge in [0.25, 0.3) is 11.0 Å². The maximum absolute atomic E-state index is 5.99. The molecular weight excluding hydrogens is 306 g/mol. The Kier molecular flexibility index (Phi) is 3.31. The summed E-state index contributed by atoms with van der Waals surface area (Å²) in [6.45, 7) is 5.26. The van der Waals surface area contributed by atoms with E-state index in [0.29, 0.717) is 5.19 Å². The van der Waals surface area contributed by atoms with Crippen LogP contribution >= 0.6 is 11.3 Å². The summed E-state index contributed by atoms with van der Waals surface area (Å²) in [6, 6.07) is 14.3. The van der Waals surface area contributed by atoms with Gasteiger partial charge in [0.15, 0.2) is 11.0 Å². The fourth-order valence-electron chi connectivity index (χ4n) is 2.99. The molecule has 0 aliphatic rings. The third-order valence-electron chi connectivity index (χ3n) is 4.27. The minimum absolute atomic E-state index is 0.680. The quantitative estimate of drug-likeness (QED) is 0.529. The molecule has 2 aromatic heterocycles. The number of para-hydroxylation sites is 1. The van der Waals surface area contributed by atoms with Crippen LogP contribution in [0.25, 0.3) is 21.3 Å². The standard InChI is InChI=1S/C18H18N3OS/c1-4-21-12(2)20(3)16-11-13(9-10-15(16)21)22-18-19-14-7-5-6-8-17(14)23-18/h5-11H,4H2,1-3H3/q+1. The lowest BCUT2D eigenvalue weighted by molar-refractivity contribution is -0.674. The average molecular weight is 324 g/mol. The fourth-order valence-corrected chi connectivity index (χ4v) is 3.82. The summed E-state index contributed by atoms with van der Waals surface area (Å²) < 4.78 is 11.6. The van der Waals surface area contributed by atoms with Gasteiger partial charge in [-0.05, 0) is 31.2 Å². The molecule has 23 heavy (non-hydrogen) atoms. The highest BCUT2D eigenvalue weighted by atomic mass is 32.1. The normalized spacial score (nSPS) is 11.4. The van der Waals surface area contributed by atoms with Crippen LogP contribution in [0.5, 0.6) is 10.9 Å². The van der Waals surface area contributed by atoms with Crippen molar-refractivity contribution in [1.29, 1.82) is 0 Å². The minimum atomic E-state index is 0.680. The van der Waals surface area contributed by atoms with Gasteiger partial charge in [0.05, 0.1) is 23.8 Å². The molecule has 0 saturated carbocycles. The molecule has 0 spiro atoms. The number of fused-ring (bicyclic) bond motifs is 2. The molecule has 0 aliphatic carbocycles. The molecule has 0 amide bonds. The number of ether oxygens (including phenoxy) is 1. The van der Waals surface area contributed by atoms with Gasteiger partial charge in [0.1, 0.15) is 5.75 Å². The molecule has 2 heterocycles. The zero-order chi connectivity index (χ0) is 16.0. The summed E-state index contributed by atoms with van der Waals surface area (Å²) in [6.07, 6.45) is 0. The van der Waals surface area contributed by atoms with Crippen molar-refractivity contribution in [2.75, 3.05) is 0 Å². The fraction of sp³-hybridized carbons (Fsp3) is 0.222. The van der Waals surface area contributed by atoms with Crippen molar-refractivity contribution in [2.24, 2.45) is 7.05 Å². The zero-order valence-corrected chi connectivity index (χ0v) is 14.2. The van der Waals surface area contributed by atoms with E-state index in [2.05, 4.69) is 53.2 Å². The molecule has 0 radical (unpaired) electrons. The molecule has 0 saturated heterocycles. The smallest absolute Gasteiger partial charge is 0.279 e. The molecule has 4 rings (SSSR count). The second-order valence-corrected chi connectivity index (χ2v) is 6.54. The summed E-state index contributed by atoms with van der Waals surface area (Å²) in [5, 5.41) is 0.680. The van der Waals surface area contributed by atoms with Crippen molar-refractivity contribution in [2.45, 2.75) is 20.4 Å². The first-order valence-corrected chi connectivity index (χ1v) is 8.51. The molecular formula is C18H18N3OS+. The van der Waals surface area contributed by atoms with Gasteiger partial charge in [0, 0.05) is 13.0 Å². The van der Waals surface area contributed by atoms with Gasteiger partial charge in [-0.3, -0.25) is 0 Å². The highest BCUT2D eigenvalue weighted by Gasteiger charge is 2.18. The van der Waals surface area contributed by atoms with E-state index in [4.69, 9.17) is 4.74 Å². The molecule has 0 atom stereocenters. The number of rotatable bonds is 3. The van der Waals surface area contributed by atoms with Crippen LogP contribution in [0.15, 0.2) is 42.5 Å². The van der Waals surface area contributed by atoms with Crippen molar-refractivity contribution in [3.05, 3.63) is 48.3 Å². The van der Waals surface area contributed by atoms with E-state index in [1.807, 2.05) is 24.3 Å². The lowest BCUT2D eigenvalue weighted by Gasteiger charge is -2.00. The van der Waals surface area contributed by atoms with E-state index in [0.717, 1.165) is 22.5 Å². The van der Waals surface area contributed by atoms with Crippen LogP contribution in [0.3, 0.4) is 0 Å². The second-order valence-electron chi connectivity index (χ2n) is 5.55. The van der Waals surface area contributed by atoms with Crippen molar-refractivity contribution in [3.63, 3.8) is 0 Å². The molecule has 4 aromatic rings. The molecule has 5 heteroatoms. The maximum Gasteiger partial charge on any atom is 0.279 e. The Morgan fingerprint density at radius 3 is 2.83 bits per heavy atom. The highest BCUT2D eigenvalue weighted by molar-refractivity contribution is 7.20. The highest BCUT2D eigenvalue weighted by Crippen LogP contribution is 2.32. The van der Waals surface area contributed by atoms with E-state index in [9.17, 15) is 0 Å². The Hall–Kier alpha value is -2.40. The third-order valence-corrected chi connectivity index (χ3v) is 5.19. The number of imidazole rings is 1. The van der Waals surface area contributed by atoms with Gasteiger partial charge in [-0.2, -0.15) is 0 Å². The number of aromatic nitrogens is 3. The number of hydrogen-bond acceptors (Lipinski definition) is 3. The van der Waals surface area contributed by atoms with Crippen molar-refractivity contribution in [3.8, 4) is 10.9 Å². The lowest BCUT2D eigenvalue weighted by atomic mass is 10.3. The van der Waals surface area contributed by atoms with Gasteiger partial charge in [-0.25, -0.2) is 14.1 Å². The van der Waals surface area contributed by atoms with Crippen LogP contribution in [0.2, 0.25) is 0 Å². The van der Waals surface area contributed by atoms with Gasteiger partial charge in [0.2, 0.25) is 0 Å². The van der Waals surface area contributed by atoms with E-state index in [-0.39, 0.29) is 0 Å². The Bertz CT molecular complexity index is 983. The van der Waals surface area contributed by atoms with Crippen molar-refractivity contribution < 1.29 is 9.30 Å². The van der Waals surface area contributed by atoms with Crippen LogP contribution in [-0.2, 0) is 13.6 Å². The summed E-state index contributed by atoms with van der Waals surface area (Å²) in [7, 11) is 2.09. The van der Waals surface area contributed by atoms with E-state index in [1.165, 1.54) is 16.9 Å². The Labute approximate surface area is 138 Å². The van der Waals surface area contributed by atoms with Gasteiger partial charge < -0.3 is 4.74 Å². The van der Waals surface area contributed by atoms with Crippen LogP contribution < -0.4 is 9.30 Å².